The van der Waals surface area contributed by atoms with Crippen LogP contribution in [0.5, 0.6) is 0 Å². The number of ether oxygens (including phenoxy) is 1. The molecule has 2 aromatic carbocycles. The number of amides is 2. The van der Waals surface area contributed by atoms with E-state index in [1.54, 1.807) is 0 Å². The second kappa shape index (κ2) is 4.02. The Morgan fingerprint density at radius 1 is 1.08 bits per heavy atom. The third kappa shape index (κ3) is 1.30. The van der Waals surface area contributed by atoms with Crippen LogP contribution in [0.25, 0.3) is 0 Å². The lowest BCUT2D eigenvalue weighted by Crippen LogP contribution is -2.61. The Hall–Kier alpha value is -2.46. The van der Waals surface area contributed by atoms with Gasteiger partial charge in [0.25, 0.3) is 5.91 Å². The third-order valence-corrected chi connectivity index (χ3v) is 6.60. The number of carbonyl (C=O) groups excluding carboxylic acids is 2. The van der Waals surface area contributed by atoms with E-state index in [1.807, 2.05) is 30.3 Å². The van der Waals surface area contributed by atoms with E-state index < -0.39 is 5.60 Å². The second-order valence-corrected chi connectivity index (χ2v) is 7.67. The van der Waals surface area contributed by atoms with Crippen LogP contribution in [0, 0.1) is 0 Å². The van der Waals surface area contributed by atoms with Gasteiger partial charge in [-0.15, -0.1) is 0 Å². The minimum atomic E-state index is -1.03. The summed E-state index contributed by atoms with van der Waals surface area (Å²) in [5.41, 5.74) is 3.13. The Bertz CT molecular complexity index is 977. The minimum Gasteiger partial charge on any atom is -0.355 e. The highest BCUT2D eigenvalue weighted by molar-refractivity contribution is 6.22. The van der Waals surface area contributed by atoms with Crippen molar-refractivity contribution >= 4 is 17.5 Å². The molecule has 2 aliphatic heterocycles. The largest absolute Gasteiger partial charge is 0.355 e. The maximum absolute atomic E-state index is 13.4. The van der Waals surface area contributed by atoms with E-state index in [2.05, 4.69) is 18.2 Å². The summed E-state index contributed by atoms with van der Waals surface area (Å²) in [6, 6.07) is 16.0. The van der Waals surface area contributed by atoms with Crippen LogP contribution in [0.3, 0.4) is 0 Å². The minimum absolute atomic E-state index is 0.00389. The van der Waals surface area contributed by atoms with E-state index in [0.717, 1.165) is 18.4 Å². The quantitative estimate of drug-likeness (QED) is 0.745. The molecular formula is C21H17NO3. The molecule has 0 unspecified atom stereocenters. The molecule has 4 heteroatoms. The number of hydrogen-bond acceptors (Lipinski definition) is 3. The summed E-state index contributed by atoms with van der Waals surface area (Å²) < 4.78 is 6.45. The fourth-order valence-corrected chi connectivity index (χ4v) is 5.46. The van der Waals surface area contributed by atoms with Gasteiger partial charge in [-0.05, 0) is 30.0 Å². The Labute approximate surface area is 145 Å². The van der Waals surface area contributed by atoms with E-state index in [9.17, 15) is 9.59 Å². The van der Waals surface area contributed by atoms with Gasteiger partial charge in [0.05, 0.1) is 17.7 Å². The van der Waals surface area contributed by atoms with Crippen LogP contribution in [0.4, 0.5) is 5.69 Å². The molecule has 4 aliphatic rings. The SMILES string of the molecule is CC(=O)N1C(=O)[C@]2(O[C@@H]3[C@H]2c2ccccc2C32CC2)c2ccccc21. The van der Waals surface area contributed by atoms with Crippen molar-refractivity contribution in [1.82, 2.24) is 0 Å². The summed E-state index contributed by atoms with van der Waals surface area (Å²) >= 11 is 0. The average Bonchev–Trinajstić information content (AvgIpc) is 3.27. The van der Waals surface area contributed by atoms with Crippen molar-refractivity contribution in [3.05, 3.63) is 65.2 Å². The highest BCUT2D eigenvalue weighted by atomic mass is 16.6. The molecule has 2 aliphatic carbocycles. The zero-order valence-corrected chi connectivity index (χ0v) is 13.9. The topological polar surface area (TPSA) is 46.6 Å². The molecule has 0 aromatic heterocycles. The van der Waals surface area contributed by atoms with Gasteiger partial charge in [0, 0.05) is 17.9 Å². The normalized spacial score (nSPS) is 32.4. The maximum atomic E-state index is 13.4. The molecule has 0 bridgehead atoms. The van der Waals surface area contributed by atoms with E-state index in [1.165, 1.54) is 23.0 Å². The van der Waals surface area contributed by atoms with Crippen molar-refractivity contribution in [3.8, 4) is 0 Å². The molecule has 3 atom stereocenters. The van der Waals surface area contributed by atoms with Gasteiger partial charge in [0.15, 0.2) is 5.60 Å². The van der Waals surface area contributed by atoms with Gasteiger partial charge in [-0.3, -0.25) is 9.59 Å². The van der Waals surface area contributed by atoms with Crippen LogP contribution in [-0.4, -0.2) is 17.9 Å². The van der Waals surface area contributed by atoms with Crippen LogP contribution in [0.15, 0.2) is 48.5 Å². The molecule has 2 fully saturated rings. The number of carbonyl (C=O) groups is 2. The molecule has 1 saturated heterocycles. The summed E-state index contributed by atoms with van der Waals surface area (Å²) in [5, 5.41) is 0. The summed E-state index contributed by atoms with van der Waals surface area (Å²) in [6.45, 7) is 1.44. The molecule has 2 spiro atoms. The first-order valence-corrected chi connectivity index (χ1v) is 8.83. The van der Waals surface area contributed by atoms with Crippen LogP contribution in [0.2, 0.25) is 0 Å². The molecule has 2 aromatic rings. The number of imide groups is 1. The molecule has 4 nitrogen and oxygen atoms in total. The number of para-hydroxylation sites is 1. The van der Waals surface area contributed by atoms with Crippen LogP contribution in [-0.2, 0) is 25.3 Å². The predicted molar refractivity (Wildman–Crippen MR) is 91.3 cm³/mol. The second-order valence-electron chi connectivity index (χ2n) is 7.67. The smallest absolute Gasteiger partial charge is 0.271 e. The van der Waals surface area contributed by atoms with Crippen molar-refractivity contribution in [2.45, 2.75) is 42.8 Å². The first-order chi connectivity index (χ1) is 12.1. The molecule has 2 amide bonds. The maximum Gasteiger partial charge on any atom is 0.271 e. The van der Waals surface area contributed by atoms with Gasteiger partial charge in [0.2, 0.25) is 5.91 Å². The molecule has 124 valence electrons. The number of rotatable bonds is 0. The lowest BCUT2D eigenvalue weighted by molar-refractivity contribution is -0.229. The van der Waals surface area contributed by atoms with Gasteiger partial charge in [0.1, 0.15) is 0 Å². The van der Waals surface area contributed by atoms with Crippen LogP contribution >= 0.6 is 0 Å². The Balaban J connectivity index is 1.60. The summed E-state index contributed by atoms with van der Waals surface area (Å²) in [5.74, 6) is -0.479. The number of anilines is 1. The average molecular weight is 331 g/mol. The molecule has 1 saturated carbocycles. The Morgan fingerprint density at radius 3 is 2.48 bits per heavy atom. The van der Waals surface area contributed by atoms with E-state index in [0.29, 0.717) is 5.69 Å². The molecule has 0 radical (unpaired) electrons. The zero-order chi connectivity index (χ0) is 17.0. The van der Waals surface area contributed by atoms with E-state index in [4.69, 9.17) is 4.74 Å². The van der Waals surface area contributed by atoms with Gasteiger partial charge in [-0.1, -0.05) is 42.5 Å². The first-order valence-electron chi connectivity index (χ1n) is 8.83. The molecule has 25 heavy (non-hydrogen) atoms. The standard InChI is InChI=1S/C21H17NO3/c1-12(23)22-16-9-5-4-8-15(16)21(19(22)24)17-13-6-2-3-7-14(13)20(10-11-20)18(17)25-21/h2-9,17-18H,10-11H2,1H3/t17-,18-,21+/m1/s1. The van der Waals surface area contributed by atoms with Crippen molar-refractivity contribution in [3.63, 3.8) is 0 Å². The third-order valence-electron chi connectivity index (χ3n) is 6.60. The van der Waals surface area contributed by atoms with Crippen LogP contribution in [0.1, 0.15) is 42.4 Å². The molecule has 0 N–H and O–H groups in total. The van der Waals surface area contributed by atoms with Crippen molar-refractivity contribution < 1.29 is 14.3 Å². The molecular weight excluding hydrogens is 314 g/mol. The highest BCUT2D eigenvalue weighted by Crippen LogP contribution is 2.73. The van der Waals surface area contributed by atoms with Gasteiger partial charge < -0.3 is 4.74 Å². The summed E-state index contributed by atoms with van der Waals surface area (Å²) in [4.78, 5) is 26.8. The fraction of sp³-hybridized carbons (Fsp3) is 0.333. The van der Waals surface area contributed by atoms with Gasteiger partial charge in [-0.2, -0.15) is 0 Å². The highest BCUT2D eigenvalue weighted by Gasteiger charge is 2.77. The van der Waals surface area contributed by atoms with Crippen molar-refractivity contribution in [2.24, 2.45) is 0 Å². The number of fused-ring (bicyclic) bond motifs is 8. The number of nitrogens with zero attached hydrogens (tertiary/aromatic N) is 1. The zero-order valence-electron chi connectivity index (χ0n) is 13.9. The molecule has 6 rings (SSSR count). The number of benzene rings is 2. The van der Waals surface area contributed by atoms with E-state index in [-0.39, 0.29) is 29.3 Å². The first kappa shape index (κ1) is 13.8. The van der Waals surface area contributed by atoms with Crippen molar-refractivity contribution in [1.29, 1.82) is 0 Å². The fourth-order valence-electron chi connectivity index (χ4n) is 5.46. The van der Waals surface area contributed by atoms with Gasteiger partial charge in [-0.25, -0.2) is 4.90 Å². The number of hydrogen-bond donors (Lipinski definition) is 0. The predicted octanol–water partition coefficient (Wildman–Crippen LogP) is 3.00. The lowest BCUT2D eigenvalue weighted by Gasteiger charge is -2.51. The van der Waals surface area contributed by atoms with Gasteiger partial charge >= 0.3 is 0 Å². The molecule has 2 heterocycles. The van der Waals surface area contributed by atoms with E-state index >= 15 is 0 Å². The van der Waals surface area contributed by atoms with Crippen LogP contribution < -0.4 is 4.90 Å². The Morgan fingerprint density at radius 2 is 1.76 bits per heavy atom. The Kier molecular flexibility index (Phi) is 2.22. The summed E-state index contributed by atoms with van der Waals surface area (Å²) in [7, 11) is 0. The van der Waals surface area contributed by atoms with Crippen molar-refractivity contribution in [2.75, 3.05) is 4.90 Å². The lowest BCUT2D eigenvalue weighted by atomic mass is 9.71. The monoisotopic (exact) mass is 331 g/mol. The summed E-state index contributed by atoms with van der Waals surface area (Å²) in [6.07, 6.45) is 2.29.